The Balaban J connectivity index is 2.47. The third-order valence-electron chi connectivity index (χ3n) is 2.41. The van der Waals surface area contributed by atoms with Crippen LogP contribution in [0.2, 0.25) is 0 Å². The highest BCUT2D eigenvalue weighted by atomic mass is 16.7. The van der Waals surface area contributed by atoms with Crippen LogP contribution in [-0.2, 0) is 15.3 Å². The van der Waals surface area contributed by atoms with Gasteiger partial charge in [0.1, 0.15) is 0 Å². The number of carbonyl (C=O) groups excluding carboxylic acids is 1. The average molecular weight is 208 g/mol. The van der Waals surface area contributed by atoms with E-state index >= 15 is 0 Å². The Morgan fingerprint density at radius 2 is 2.20 bits per heavy atom. The minimum absolute atomic E-state index is 0.384. The largest absolute Gasteiger partial charge is 0.366 e. The highest BCUT2D eigenvalue weighted by Gasteiger charge is 2.36. The van der Waals surface area contributed by atoms with Crippen molar-refractivity contribution in [1.29, 1.82) is 0 Å². The van der Waals surface area contributed by atoms with Crippen LogP contribution in [0, 0.1) is 0 Å². The number of hydrogen-bond donors (Lipinski definition) is 1. The molecule has 0 spiro atoms. The van der Waals surface area contributed by atoms with Crippen LogP contribution < -0.4 is 5.73 Å². The summed E-state index contributed by atoms with van der Waals surface area (Å²) in [5.41, 5.74) is 6.23. The van der Waals surface area contributed by atoms with Crippen LogP contribution in [0.3, 0.4) is 0 Å². The van der Waals surface area contributed by atoms with Crippen molar-refractivity contribution in [2.45, 2.75) is 12.7 Å². The van der Waals surface area contributed by atoms with Gasteiger partial charge in [0.25, 0.3) is 0 Å². The lowest BCUT2D eigenvalue weighted by molar-refractivity contribution is -0.150. The summed E-state index contributed by atoms with van der Waals surface area (Å²) >= 11 is 0. The minimum atomic E-state index is -0.904. The molecule has 1 saturated heterocycles. The molecule has 0 aromatic carbocycles. The van der Waals surface area contributed by atoms with E-state index in [9.17, 15) is 4.79 Å². The van der Waals surface area contributed by atoms with Crippen LogP contribution in [0.5, 0.6) is 0 Å². The molecular formula is C10H12N2O3. The van der Waals surface area contributed by atoms with Gasteiger partial charge in [0.2, 0.25) is 5.91 Å². The second-order valence-electron chi connectivity index (χ2n) is 3.43. The lowest BCUT2D eigenvalue weighted by Gasteiger charge is -2.23. The fourth-order valence-electron chi connectivity index (χ4n) is 1.64. The zero-order valence-corrected chi connectivity index (χ0v) is 8.40. The van der Waals surface area contributed by atoms with Crippen LogP contribution in [0.4, 0.5) is 0 Å². The second kappa shape index (κ2) is 3.60. The summed E-state index contributed by atoms with van der Waals surface area (Å²) < 4.78 is 10.9. The van der Waals surface area contributed by atoms with Gasteiger partial charge in [-0.25, -0.2) is 0 Å². The van der Waals surface area contributed by atoms with Crippen LogP contribution in [0.25, 0.3) is 0 Å². The monoisotopic (exact) mass is 208 g/mol. The molecule has 5 heteroatoms. The number of nitrogens with two attached hydrogens (primary N) is 1. The van der Waals surface area contributed by atoms with Gasteiger partial charge in [-0.2, -0.15) is 0 Å². The van der Waals surface area contributed by atoms with Gasteiger partial charge in [0, 0.05) is 18.0 Å². The van der Waals surface area contributed by atoms with Gasteiger partial charge in [-0.15, -0.1) is 0 Å². The average Bonchev–Trinajstić information content (AvgIpc) is 2.66. The van der Waals surface area contributed by atoms with Gasteiger partial charge in [0.05, 0.1) is 18.8 Å². The summed E-state index contributed by atoms with van der Waals surface area (Å²) in [4.78, 5) is 15.2. The molecule has 1 amide bonds. The number of amides is 1. The minimum Gasteiger partial charge on any atom is -0.366 e. The summed E-state index contributed by atoms with van der Waals surface area (Å²) in [6.07, 6.45) is 3.06. The first-order valence-electron chi connectivity index (χ1n) is 4.66. The summed E-state index contributed by atoms with van der Waals surface area (Å²) in [6.45, 7) is 2.76. The molecule has 0 saturated carbocycles. The molecule has 1 aromatic heterocycles. The summed E-state index contributed by atoms with van der Waals surface area (Å²) in [6, 6.07) is 1.56. The van der Waals surface area contributed by atoms with Crippen molar-refractivity contribution in [3.63, 3.8) is 0 Å². The smallest absolute Gasteiger partial charge is 0.249 e. The van der Waals surface area contributed by atoms with Gasteiger partial charge >= 0.3 is 0 Å². The predicted octanol–water partition coefficient (Wildman–Crippen LogP) is 0.400. The van der Waals surface area contributed by atoms with E-state index in [1.54, 1.807) is 19.2 Å². The fourth-order valence-corrected chi connectivity index (χ4v) is 1.64. The van der Waals surface area contributed by atoms with E-state index in [4.69, 9.17) is 15.2 Å². The van der Waals surface area contributed by atoms with Crippen molar-refractivity contribution in [2.24, 2.45) is 5.73 Å². The standard InChI is InChI=1S/C10H12N2O3/c1-10(14-4-5-15-10)8-6-12-3-2-7(8)9(11)13/h2-3,6H,4-5H2,1H3,(H2,11,13). The van der Waals surface area contributed by atoms with E-state index in [-0.39, 0.29) is 0 Å². The van der Waals surface area contributed by atoms with Crippen molar-refractivity contribution >= 4 is 5.91 Å². The molecule has 2 rings (SSSR count). The number of nitrogens with zero attached hydrogens (tertiary/aromatic N) is 1. The molecule has 1 aromatic rings. The van der Waals surface area contributed by atoms with E-state index in [1.807, 2.05) is 0 Å². The number of rotatable bonds is 2. The summed E-state index contributed by atoms with van der Waals surface area (Å²) in [7, 11) is 0. The molecular weight excluding hydrogens is 196 g/mol. The molecule has 1 fully saturated rings. The van der Waals surface area contributed by atoms with Crippen LogP contribution in [0.1, 0.15) is 22.8 Å². The lowest BCUT2D eigenvalue weighted by Crippen LogP contribution is -2.27. The molecule has 1 aliphatic rings. The highest BCUT2D eigenvalue weighted by Crippen LogP contribution is 2.32. The fraction of sp³-hybridized carbons (Fsp3) is 0.400. The van der Waals surface area contributed by atoms with Crippen molar-refractivity contribution in [3.8, 4) is 0 Å². The first kappa shape index (κ1) is 10.1. The summed E-state index contributed by atoms with van der Waals surface area (Å²) in [5.74, 6) is -1.41. The van der Waals surface area contributed by atoms with Crippen molar-refractivity contribution in [2.75, 3.05) is 13.2 Å². The zero-order valence-electron chi connectivity index (χ0n) is 8.40. The Labute approximate surface area is 87.2 Å². The molecule has 0 aliphatic carbocycles. The number of pyridine rings is 1. The Morgan fingerprint density at radius 1 is 1.53 bits per heavy atom. The number of carbonyl (C=O) groups is 1. The third-order valence-corrected chi connectivity index (χ3v) is 2.41. The molecule has 80 valence electrons. The molecule has 0 radical (unpaired) electrons. The lowest BCUT2D eigenvalue weighted by atomic mass is 10.0. The van der Waals surface area contributed by atoms with E-state index in [1.165, 1.54) is 6.20 Å². The van der Waals surface area contributed by atoms with Gasteiger partial charge in [-0.3, -0.25) is 9.78 Å². The molecule has 0 unspecified atom stereocenters. The molecule has 2 N–H and O–H groups in total. The Bertz CT molecular complexity index is 386. The first-order chi connectivity index (χ1) is 7.13. The molecule has 15 heavy (non-hydrogen) atoms. The number of primary amides is 1. The van der Waals surface area contributed by atoms with Gasteiger partial charge in [-0.1, -0.05) is 0 Å². The number of aromatic nitrogens is 1. The molecule has 0 bridgehead atoms. The van der Waals surface area contributed by atoms with Crippen LogP contribution >= 0.6 is 0 Å². The third kappa shape index (κ3) is 1.71. The molecule has 2 heterocycles. The first-order valence-corrected chi connectivity index (χ1v) is 4.66. The number of hydrogen-bond acceptors (Lipinski definition) is 4. The van der Waals surface area contributed by atoms with Gasteiger partial charge < -0.3 is 15.2 Å². The van der Waals surface area contributed by atoms with Crippen molar-refractivity contribution in [1.82, 2.24) is 4.98 Å². The van der Waals surface area contributed by atoms with E-state index in [2.05, 4.69) is 4.98 Å². The van der Waals surface area contributed by atoms with Crippen LogP contribution in [-0.4, -0.2) is 24.1 Å². The maximum Gasteiger partial charge on any atom is 0.249 e. The highest BCUT2D eigenvalue weighted by molar-refractivity contribution is 5.94. The number of ether oxygens (including phenoxy) is 2. The normalized spacial score (nSPS) is 19.0. The van der Waals surface area contributed by atoms with E-state index in [0.29, 0.717) is 24.3 Å². The Hall–Kier alpha value is -1.46. The maximum atomic E-state index is 11.2. The van der Waals surface area contributed by atoms with E-state index < -0.39 is 11.7 Å². The second-order valence-corrected chi connectivity index (χ2v) is 3.43. The van der Waals surface area contributed by atoms with Gasteiger partial charge in [0.15, 0.2) is 5.79 Å². The molecule has 1 aliphatic heterocycles. The van der Waals surface area contributed by atoms with Crippen LogP contribution in [0.15, 0.2) is 18.5 Å². The SMILES string of the molecule is CC1(c2cnccc2C(N)=O)OCCO1. The topological polar surface area (TPSA) is 74.4 Å². The Morgan fingerprint density at radius 3 is 2.80 bits per heavy atom. The summed E-state index contributed by atoms with van der Waals surface area (Å²) in [5, 5.41) is 0. The Kier molecular flexibility index (Phi) is 2.42. The van der Waals surface area contributed by atoms with Gasteiger partial charge in [-0.05, 0) is 13.0 Å². The molecule has 0 atom stereocenters. The van der Waals surface area contributed by atoms with Crippen molar-refractivity contribution < 1.29 is 14.3 Å². The van der Waals surface area contributed by atoms with E-state index in [0.717, 1.165) is 0 Å². The zero-order chi connectivity index (χ0) is 10.9. The maximum absolute atomic E-state index is 11.2. The molecule has 5 nitrogen and oxygen atoms in total. The quantitative estimate of drug-likeness (QED) is 0.763. The van der Waals surface area contributed by atoms with Crippen molar-refractivity contribution in [3.05, 3.63) is 29.6 Å². The predicted molar refractivity (Wildman–Crippen MR) is 52.0 cm³/mol.